The van der Waals surface area contributed by atoms with E-state index in [2.05, 4.69) is 41.1 Å². The number of ether oxygens (including phenoxy) is 1. The lowest BCUT2D eigenvalue weighted by atomic mass is 10.1. The minimum absolute atomic E-state index is 0.915. The average Bonchev–Trinajstić information content (AvgIpc) is 2.23. The smallest absolute Gasteiger partial charge is 0.127 e. The fourth-order valence-electron chi connectivity index (χ4n) is 1.58. The molecule has 0 unspecified atom stereocenters. The Hall–Kier alpha value is -1.02. The Morgan fingerprint density at radius 3 is 2.64 bits per heavy atom. The molecule has 0 fully saturated rings. The number of fused-ring (bicyclic) bond motifs is 1. The van der Waals surface area contributed by atoms with Crippen molar-refractivity contribution < 1.29 is 4.74 Å². The van der Waals surface area contributed by atoms with Crippen LogP contribution in [0.2, 0.25) is 0 Å². The van der Waals surface area contributed by atoms with Gasteiger partial charge in [-0.25, -0.2) is 0 Å². The van der Waals surface area contributed by atoms with E-state index in [1.54, 1.807) is 7.11 Å². The van der Waals surface area contributed by atoms with E-state index < -0.39 is 0 Å². The summed E-state index contributed by atoms with van der Waals surface area (Å²) in [6, 6.07) is 10.3. The van der Waals surface area contributed by atoms with Crippen LogP contribution in [-0.4, -0.2) is 7.11 Å². The van der Waals surface area contributed by atoms with Gasteiger partial charge in [0.25, 0.3) is 0 Å². The first-order valence-corrected chi connectivity index (χ1v) is 5.25. The van der Waals surface area contributed by atoms with Gasteiger partial charge < -0.3 is 4.74 Å². The van der Waals surface area contributed by atoms with Crippen LogP contribution in [0.3, 0.4) is 0 Å². The van der Waals surface area contributed by atoms with E-state index in [9.17, 15) is 0 Å². The van der Waals surface area contributed by atoms with E-state index >= 15 is 0 Å². The van der Waals surface area contributed by atoms with Crippen LogP contribution in [0, 0.1) is 6.92 Å². The molecule has 0 bridgehead atoms. The van der Waals surface area contributed by atoms with Gasteiger partial charge >= 0.3 is 0 Å². The zero-order valence-corrected chi connectivity index (χ0v) is 9.76. The maximum absolute atomic E-state index is 5.33. The van der Waals surface area contributed by atoms with Gasteiger partial charge in [-0.05, 0) is 39.9 Å². The standard InChI is InChI=1S/C12H11BrO/c1-8-6-7-9-4-3-5-10(14-2)11(9)12(8)13/h3-7H,1-2H3. The van der Waals surface area contributed by atoms with Crippen molar-refractivity contribution in [3.05, 3.63) is 40.4 Å². The second kappa shape index (κ2) is 3.62. The first kappa shape index (κ1) is 9.53. The zero-order valence-electron chi connectivity index (χ0n) is 8.17. The molecule has 0 aromatic heterocycles. The molecule has 0 heterocycles. The molecule has 2 rings (SSSR count). The van der Waals surface area contributed by atoms with Crippen LogP contribution in [0.5, 0.6) is 5.75 Å². The molecular formula is C12H11BrO. The zero-order chi connectivity index (χ0) is 10.1. The summed E-state index contributed by atoms with van der Waals surface area (Å²) in [5, 5.41) is 2.34. The third kappa shape index (κ3) is 1.40. The van der Waals surface area contributed by atoms with Gasteiger partial charge in [0.2, 0.25) is 0 Å². The Bertz CT molecular complexity index is 477. The molecule has 0 spiro atoms. The lowest BCUT2D eigenvalue weighted by Gasteiger charge is -2.08. The summed E-state index contributed by atoms with van der Waals surface area (Å²) in [5.74, 6) is 0.915. The van der Waals surface area contributed by atoms with Crippen molar-refractivity contribution in [3.63, 3.8) is 0 Å². The van der Waals surface area contributed by atoms with Gasteiger partial charge in [-0.1, -0.05) is 24.3 Å². The summed E-state index contributed by atoms with van der Waals surface area (Å²) in [7, 11) is 1.70. The molecule has 0 aliphatic rings. The summed E-state index contributed by atoms with van der Waals surface area (Å²) in [6.45, 7) is 2.08. The summed E-state index contributed by atoms with van der Waals surface area (Å²) in [6.07, 6.45) is 0. The second-order valence-corrected chi connectivity index (χ2v) is 4.05. The Labute approximate surface area is 91.8 Å². The van der Waals surface area contributed by atoms with E-state index in [1.807, 2.05) is 12.1 Å². The van der Waals surface area contributed by atoms with Gasteiger partial charge in [0.05, 0.1) is 7.11 Å². The highest BCUT2D eigenvalue weighted by atomic mass is 79.9. The molecule has 0 atom stereocenters. The fourth-order valence-corrected chi connectivity index (χ4v) is 2.13. The Morgan fingerprint density at radius 1 is 1.14 bits per heavy atom. The van der Waals surface area contributed by atoms with Crippen molar-refractivity contribution >= 4 is 26.7 Å². The largest absolute Gasteiger partial charge is 0.496 e. The Balaban J connectivity index is 2.89. The van der Waals surface area contributed by atoms with Gasteiger partial charge in [-0.3, -0.25) is 0 Å². The van der Waals surface area contributed by atoms with E-state index in [1.165, 1.54) is 10.9 Å². The highest BCUT2D eigenvalue weighted by Crippen LogP contribution is 2.34. The average molecular weight is 251 g/mol. The van der Waals surface area contributed by atoms with Gasteiger partial charge in [0.15, 0.2) is 0 Å². The molecule has 0 radical (unpaired) electrons. The van der Waals surface area contributed by atoms with Crippen LogP contribution in [0.25, 0.3) is 10.8 Å². The number of hydrogen-bond donors (Lipinski definition) is 0. The highest BCUT2D eigenvalue weighted by Gasteiger charge is 2.06. The number of benzene rings is 2. The maximum atomic E-state index is 5.33. The van der Waals surface area contributed by atoms with Crippen molar-refractivity contribution in [3.8, 4) is 5.75 Å². The quantitative estimate of drug-likeness (QED) is 0.746. The predicted octanol–water partition coefficient (Wildman–Crippen LogP) is 3.92. The number of methoxy groups -OCH3 is 1. The van der Waals surface area contributed by atoms with Crippen molar-refractivity contribution in [1.29, 1.82) is 0 Å². The van der Waals surface area contributed by atoms with Gasteiger partial charge in [0.1, 0.15) is 5.75 Å². The summed E-state index contributed by atoms with van der Waals surface area (Å²) >= 11 is 3.59. The number of hydrogen-bond acceptors (Lipinski definition) is 1. The third-order valence-corrected chi connectivity index (χ3v) is 3.38. The molecule has 0 amide bonds. The lowest BCUT2D eigenvalue weighted by Crippen LogP contribution is -1.87. The first-order valence-electron chi connectivity index (χ1n) is 4.46. The van der Waals surface area contributed by atoms with Crippen LogP contribution >= 0.6 is 15.9 Å². The molecule has 2 heteroatoms. The predicted molar refractivity (Wildman–Crippen MR) is 62.9 cm³/mol. The van der Waals surface area contributed by atoms with E-state index in [-0.39, 0.29) is 0 Å². The third-order valence-electron chi connectivity index (χ3n) is 2.36. The molecule has 2 aromatic carbocycles. The van der Waals surface area contributed by atoms with E-state index in [0.29, 0.717) is 0 Å². The van der Waals surface area contributed by atoms with E-state index in [4.69, 9.17) is 4.74 Å². The number of rotatable bonds is 1. The topological polar surface area (TPSA) is 9.23 Å². The molecule has 0 saturated heterocycles. The normalized spacial score (nSPS) is 10.5. The van der Waals surface area contributed by atoms with Crippen molar-refractivity contribution in [2.75, 3.05) is 7.11 Å². The van der Waals surface area contributed by atoms with Crippen molar-refractivity contribution in [1.82, 2.24) is 0 Å². The van der Waals surface area contributed by atoms with Crippen LogP contribution < -0.4 is 4.74 Å². The van der Waals surface area contributed by atoms with Gasteiger partial charge in [-0.15, -0.1) is 0 Å². The number of halogens is 1. The molecule has 0 aliphatic heterocycles. The molecule has 0 N–H and O–H groups in total. The Kier molecular flexibility index (Phi) is 2.46. The van der Waals surface area contributed by atoms with Crippen LogP contribution in [-0.2, 0) is 0 Å². The summed E-state index contributed by atoms with van der Waals surface area (Å²) in [4.78, 5) is 0. The monoisotopic (exact) mass is 250 g/mol. The first-order chi connectivity index (χ1) is 6.74. The fraction of sp³-hybridized carbons (Fsp3) is 0.167. The van der Waals surface area contributed by atoms with Crippen molar-refractivity contribution in [2.45, 2.75) is 6.92 Å². The van der Waals surface area contributed by atoms with Gasteiger partial charge in [-0.2, -0.15) is 0 Å². The molecular weight excluding hydrogens is 240 g/mol. The Morgan fingerprint density at radius 2 is 1.93 bits per heavy atom. The second-order valence-electron chi connectivity index (χ2n) is 3.25. The minimum atomic E-state index is 0.915. The van der Waals surface area contributed by atoms with Crippen molar-refractivity contribution in [2.24, 2.45) is 0 Å². The molecule has 0 aliphatic carbocycles. The molecule has 14 heavy (non-hydrogen) atoms. The minimum Gasteiger partial charge on any atom is -0.496 e. The lowest BCUT2D eigenvalue weighted by molar-refractivity contribution is 0.419. The summed E-state index contributed by atoms with van der Waals surface area (Å²) in [5.41, 5.74) is 1.22. The van der Waals surface area contributed by atoms with Crippen LogP contribution in [0.15, 0.2) is 34.8 Å². The molecule has 0 saturated carbocycles. The maximum Gasteiger partial charge on any atom is 0.127 e. The van der Waals surface area contributed by atoms with Gasteiger partial charge in [0, 0.05) is 9.86 Å². The van der Waals surface area contributed by atoms with Crippen LogP contribution in [0.1, 0.15) is 5.56 Å². The van der Waals surface area contributed by atoms with Crippen LogP contribution in [0.4, 0.5) is 0 Å². The highest BCUT2D eigenvalue weighted by molar-refractivity contribution is 9.10. The molecule has 1 nitrogen and oxygen atoms in total. The SMILES string of the molecule is COc1cccc2ccc(C)c(Br)c12. The van der Waals surface area contributed by atoms with E-state index in [0.717, 1.165) is 15.6 Å². The number of aryl methyl sites for hydroxylation is 1. The molecule has 72 valence electrons. The molecule has 2 aromatic rings. The summed E-state index contributed by atoms with van der Waals surface area (Å²) < 4.78 is 6.45.